The smallest absolute Gasteiger partial charge is 0.262 e. The van der Waals surface area contributed by atoms with Crippen molar-refractivity contribution in [3.8, 4) is 0 Å². The standard InChI is InChI=1S/C28H26N4O2S/c1-18-11-13-21(14-12-18)24-16-23(20-8-4-3-5-9-20)31-32(24)28-30-27(34)25(35-28)17-26(33)29-22-10-6-7-19(2)15-22/h3-15,24-25H,16-17H2,1-2H3,(H,29,33). The number of hydrogen-bond donors (Lipinski definition) is 1. The molecule has 2 heterocycles. The van der Waals surface area contributed by atoms with E-state index < -0.39 is 5.25 Å². The average molecular weight is 483 g/mol. The van der Waals surface area contributed by atoms with Crippen LogP contribution in [0.25, 0.3) is 0 Å². The highest BCUT2D eigenvalue weighted by atomic mass is 32.2. The van der Waals surface area contributed by atoms with E-state index in [-0.39, 0.29) is 24.3 Å². The number of amides is 2. The third kappa shape index (κ3) is 5.20. The van der Waals surface area contributed by atoms with Crippen molar-refractivity contribution in [2.24, 2.45) is 10.1 Å². The van der Waals surface area contributed by atoms with E-state index in [9.17, 15) is 9.59 Å². The van der Waals surface area contributed by atoms with Gasteiger partial charge in [-0.1, -0.05) is 84.1 Å². The molecule has 0 saturated heterocycles. The minimum Gasteiger partial charge on any atom is -0.326 e. The molecule has 176 valence electrons. The maximum Gasteiger partial charge on any atom is 0.262 e. The third-order valence-electron chi connectivity index (χ3n) is 6.08. The minimum atomic E-state index is -0.565. The summed E-state index contributed by atoms with van der Waals surface area (Å²) in [5, 5.41) is 9.61. The van der Waals surface area contributed by atoms with Gasteiger partial charge in [0.05, 0.1) is 11.8 Å². The van der Waals surface area contributed by atoms with Crippen LogP contribution in [-0.4, -0.2) is 33.0 Å². The molecule has 5 rings (SSSR count). The molecule has 2 unspecified atom stereocenters. The molecule has 2 amide bonds. The fraction of sp³-hybridized carbons (Fsp3) is 0.214. The van der Waals surface area contributed by atoms with Crippen molar-refractivity contribution in [3.63, 3.8) is 0 Å². The molecule has 3 aromatic carbocycles. The number of hydrogen-bond acceptors (Lipinski definition) is 5. The number of nitrogens with zero attached hydrogens (tertiary/aromatic N) is 3. The van der Waals surface area contributed by atoms with E-state index in [1.165, 1.54) is 17.3 Å². The first-order valence-electron chi connectivity index (χ1n) is 11.6. The Morgan fingerprint density at radius 2 is 1.77 bits per heavy atom. The van der Waals surface area contributed by atoms with Crippen molar-refractivity contribution in [1.82, 2.24) is 5.01 Å². The Morgan fingerprint density at radius 3 is 2.51 bits per heavy atom. The Bertz CT molecular complexity index is 1320. The van der Waals surface area contributed by atoms with Gasteiger partial charge in [-0.2, -0.15) is 10.1 Å². The van der Waals surface area contributed by atoms with E-state index in [4.69, 9.17) is 5.10 Å². The number of carbonyl (C=O) groups excluding carboxylic acids is 2. The Morgan fingerprint density at radius 1 is 1.00 bits per heavy atom. The van der Waals surface area contributed by atoms with E-state index in [2.05, 4.69) is 41.5 Å². The van der Waals surface area contributed by atoms with Crippen molar-refractivity contribution >= 4 is 40.1 Å². The Labute approximate surface area is 209 Å². The van der Waals surface area contributed by atoms with E-state index in [1.807, 2.05) is 66.5 Å². The summed E-state index contributed by atoms with van der Waals surface area (Å²) in [5.74, 6) is -0.502. The molecule has 2 aliphatic rings. The number of anilines is 1. The molecule has 2 atom stereocenters. The lowest BCUT2D eigenvalue weighted by molar-refractivity contribution is -0.121. The summed E-state index contributed by atoms with van der Waals surface area (Å²) in [6.07, 6.45) is 0.766. The Kier molecular flexibility index (Phi) is 6.51. The molecular formula is C28H26N4O2S. The molecule has 0 aliphatic carbocycles. The zero-order valence-electron chi connectivity index (χ0n) is 19.6. The maximum atomic E-state index is 12.8. The number of carbonyl (C=O) groups is 2. The van der Waals surface area contributed by atoms with E-state index in [0.717, 1.165) is 28.1 Å². The summed E-state index contributed by atoms with van der Waals surface area (Å²) < 4.78 is 0. The largest absolute Gasteiger partial charge is 0.326 e. The van der Waals surface area contributed by atoms with Crippen LogP contribution < -0.4 is 5.32 Å². The molecular weight excluding hydrogens is 456 g/mol. The van der Waals surface area contributed by atoms with Gasteiger partial charge in [0, 0.05) is 18.5 Å². The molecule has 7 heteroatoms. The maximum absolute atomic E-state index is 12.8. The first-order chi connectivity index (χ1) is 17.0. The van der Waals surface area contributed by atoms with E-state index >= 15 is 0 Å². The summed E-state index contributed by atoms with van der Waals surface area (Å²) in [7, 11) is 0. The van der Waals surface area contributed by atoms with Crippen molar-refractivity contribution in [3.05, 3.63) is 101 Å². The van der Waals surface area contributed by atoms with Gasteiger partial charge in [0.15, 0.2) is 5.17 Å². The lowest BCUT2D eigenvalue weighted by Crippen LogP contribution is -2.25. The van der Waals surface area contributed by atoms with Crippen LogP contribution >= 0.6 is 11.8 Å². The zero-order valence-corrected chi connectivity index (χ0v) is 20.5. The first kappa shape index (κ1) is 23.1. The molecule has 0 saturated carbocycles. The first-order valence-corrected chi connectivity index (χ1v) is 12.5. The van der Waals surface area contributed by atoms with E-state index in [1.54, 1.807) is 0 Å². The van der Waals surface area contributed by atoms with Gasteiger partial charge in [-0.3, -0.25) is 9.59 Å². The number of amidine groups is 1. The Hall–Kier alpha value is -3.71. The lowest BCUT2D eigenvalue weighted by Gasteiger charge is -2.23. The lowest BCUT2D eigenvalue weighted by atomic mass is 9.98. The fourth-order valence-corrected chi connectivity index (χ4v) is 5.31. The van der Waals surface area contributed by atoms with Gasteiger partial charge >= 0.3 is 0 Å². The number of nitrogens with one attached hydrogen (secondary N) is 1. The highest BCUT2D eigenvalue weighted by Crippen LogP contribution is 2.38. The number of rotatable bonds is 5. The van der Waals surface area contributed by atoms with Crippen molar-refractivity contribution in [2.75, 3.05) is 5.32 Å². The second-order valence-corrected chi connectivity index (χ2v) is 10.0. The summed E-state index contributed by atoms with van der Waals surface area (Å²) in [5.41, 5.74) is 6.08. The second-order valence-electron chi connectivity index (χ2n) is 8.85. The SMILES string of the molecule is Cc1ccc(C2CC(c3ccccc3)=NN2C2=NC(=O)C(CC(=O)Nc3cccc(C)c3)S2)cc1. The molecule has 35 heavy (non-hydrogen) atoms. The number of aryl methyl sites for hydroxylation is 2. The van der Waals surface area contributed by atoms with Crippen molar-refractivity contribution in [2.45, 2.75) is 38.0 Å². The predicted octanol–water partition coefficient (Wildman–Crippen LogP) is 5.48. The molecule has 0 aromatic heterocycles. The van der Waals surface area contributed by atoms with Crippen molar-refractivity contribution in [1.29, 1.82) is 0 Å². The summed E-state index contributed by atoms with van der Waals surface area (Å²) >= 11 is 1.32. The highest BCUT2D eigenvalue weighted by Gasteiger charge is 2.39. The number of hydrazone groups is 1. The van der Waals surface area contributed by atoms with Crippen LogP contribution in [0.4, 0.5) is 5.69 Å². The van der Waals surface area contributed by atoms with Gasteiger partial charge in [-0.25, -0.2) is 5.01 Å². The summed E-state index contributed by atoms with van der Waals surface area (Å²) in [4.78, 5) is 29.7. The predicted molar refractivity (Wildman–Crippen MR) is 142 cm³/mol. The molecule has 2 aliphatic heterocycles. The van der Waals surface area contributed by atoms with Crippen LogP contribution in [0.15, 0.2) is 89.0 Å². The quantitative estimate of drug-likeness (QED) is 0.523. The third-order valence-corrected chi connectivity index (χ3v) is 7.22. The number of thioether (sulfide) groups is 1. The average Bonchev–Trinajstić information content (AvgIpc) is 3.44. The highest BCUT2D eigenvalue weighted by molar-refractivity contribution is 8.15. The summed E-state index contributed by atoms with van der Waals surface area (Å²) in [6, 6.07) is 26.0. The zero-order chi connectivity index (χ0) is 24.4. The van der Waals surface area contributed by atoms with Crippen LogP contribution in [0.5, 0.6) is 0 Å². The molecule has 3 aromatic rings. The molecule has 0 bridgehead atoms. The van der Waals surface area contributed by atoms with Crippen molar-refractivity contribution < 1.29 is 9.59 Å². The monoisotopic (exact) mass is 482 g/mol. The van der Waals surface area contributed by atoms with Gasteiger partial charge in [0.1, 0.15) is 5.25 Å². The number of aliphatic imine (C=N–C) groups is 1. The van der Waals surface area contributed by atoms with E-state index in [0.29, 0.717) is 11.6 Å². The Balaban J connectivity index is 1.34. The minimum absolute atomic E-state index is 0.0583. The molecule has 0 spiro atoms. The van der Waals surface area contributed by atoms with Gasteiger partial charge in [0.2, 0.25) is 5.91 Å². The molecule has 6 nitrogen and oxygen atoms in total. The molecule has 0 fully saturated rings. The fourth-order valence-electron chi connectivity index (χ4n) is 4.25. The normalized spacial score (nSPS) is 19.5. The van der Waals surface area contributed by atoms with Crippen LogP contribution in [-0.2, 0) is 9.59 Å². The van der Waals surface area contributed by atoms with Crippen LogP contribution in [0.1, 0.15) is 41.1 Å². The van der Waals surface area contributed by atoms with Crippen LogP contribution in [0.2, 0.25) is 0 Å². The number of benzene rings is 3. The summed E-state index contributed by atoms with van der Waals surface area (Å²) in [6.45, 7) is 4.03. The van der Waals surface area contributed by atoms with Gasteiger partial charge in [-0.15, -0.1) is 0 Å². The second kappa shape index (κ2) is 9.88. The molecule has 0 radical (unpaired) electrons. The molecule has 1 N–H and O–H groups in total. The van der Waals surface area contributed by atoms with Gasteiger partial charge < -0.3 is 5.32 Å². The van der Waals surface area contributed by atoms with Crippen LogP contribution in [0.3, 0.4) is 0 Å². The van der Waals surface area contributed by atoms with Gasteiger partial charge in [-0.05, 0) is 42.7 Å². The topological polar surface area (TPSA) is 74.1 Å². The van der Waals surface area contributed by atoms with Gasteiger partial charge in [0.25, 0.3) is 5.91 Å². The van der Waals surface area contributed by atoms with Crippen LogP contribution in [0, 0.1) is 13.8 Å².